The van der Waals surface area contributed by atoms with Crippen LogP contribution in [0.2, 0.25) is 0 Å². The van der Waals surface area contributed by atoms with Crippen molar-refractivity contribution in [3.63, 3.8) is 0 Å². The summed E-state index contributed by atoms with van der Waals surface area (Å²) in [7, 11) is -6.44. The van der Waals surface area contributed by atoms with Gasteiger partial charge in [0, 0.05) is 6.26 Å². The van der Waals surface area contributed by atoms with E-state index in [9.17, 15) is 21.6 Å². The lowest BCUT2D eigenvalue weighted by molar-refractivity contribution is -0.142. The predicted octanol–water partition coefficient (Wildman–Crippen LogP) is 0.238. The van der Waals surface area contributed by atoms with E-state index in [1.165, 1.54) is 26.0 Å². The molecule has 0 amide bonds. The fraction of sp³-hybridized carbons (Fsp3) is 0.417. The number of rotatable bonds is 5. The highest BCUT2D eigenvalue weighted by molar-refractivity contribution is 7.91. The molecule has 0 aliphatic carbocycles. The molecule has 21 heavy (non-hydrogen) atoms. The van der Waals surface area contributed by atoms with Gasteiger partial charge in [0.1, 0.15) is 6.04 Å². The van der Waals surface area contributed by atoms with Crippen molar-refractivity contribution in [1.82, 2.24) is 4.72 Å². The van der Waals surface area contributed by atoms with Crippen molar-refractivity contribution in [3.8, 4) is 0 Å². The summed E-state index contributed by atoms with van der Waals surface area (Å²) in [5, 5.41) is 0. The van der Waals surface area contributed by atoms with Crippen LogP contribution in [0.25, 0.3) is 0 Å². The molecule has 0 aromatic heterocycles. The molecule has 1 aromatic rings. The summed E-state index contributed by atoms with van der Waals surface area (Å²) in [6.45, 7) is 2.86. The molecule has 0 radical (unpaired) electrons. The number of nitrogens with one attached hydrogen (secondary N) is 1. The lowest BCUT2D eigenvalue weighted by atomic mass is 10.2. The number of methoxy groups -OCH3 is 1. The molecule has 0 unspecified atom stereocenters. The van der Waals surface area contributed by atoms with Gasteiger partial charge in [0.05, 0.1) is 16.9 Å². The van der Waals surface area contributed by atoms with E-state index in [0.29, 0.717) is 5.56 Å². The van der Waals surface area contributed by atoms with Crippen molar-refractivity contribution in [2.45, 2.75) is 29.7 Å². The van der Waals surface area contributed by atoms with E-state index >= 15 is 0 Å². The van der Waals surface area contributed by atoms with Crippen LogP contribution in [0.4, 0.5) is 0 Å². The second kappa shape index (κ2) is 6.12. The van der Waals surface area contributed by atoms with E-state index in [2.05, 4.69) is 9.46 Å². The van der Waals surface area contributed by atoms with Crippen molar-refractivity contribution in [3.05, 3.63) is 23.8 Å². The maximum Gasteiger partial charge on any atom is 0.323 e. The van der Waals surface area contributed by atoms with Crippen molar-refractivity contribution in [1.29, 1.82) is 0 Å². The van der Waals surface area contributed by atoms with Gasteiger partial charge in [-0.3, -0.25) is 4.79 Å². The van der Waals surface area contributed by atoms with Gasteiger partial charge < -0.3 is 4.74 Å². The molecule has 9 heteroatoms. The van der Waals surface area contributed by atoms with E-state index < -0.39 is 31.9 Å². The van der Waals surface area contributed by atoms with Crippen LogP contribution in [0, 0.1) is 6.92 Å². The Labute approximate surface area is 124 Å². The van der Waals surface area contributed by atoms with E-state index in [0.717, 1.165) is 19.4 Å². The molecule has 1 N–H and O–H groups in total. The molecule has 1 aromatic carbocycles. The maximum absolute atomic E-state index is 12.2. The first kappa shape index (κ1) is 17.6. The molecule has 0 aliphatic rings. The minimum atomic E-state index is -4.04. The van der Waals surface area contributed by atoms with Crippen molar-refractivity contribution < 1.29 is 26.4 Å². The number of ether oxygens (including phenoxy) is 1. The third kappa shape index (κ3) is 4.26. The largest absolute Gasteiger partial charge is 0.468 e. The van der Waals surface area contributed by atoms with Gasteiger partial charge in [0.25, 0.3) is 0 Å². The summed E-state index contributed by atoms with van der Waals surface area (Å²) in [6, 6.07) is 2.71. The number of esters is 1. The minimum Gasteiger partial charge on any atom is -0.468 e. The number of hydrogen-bond acceptors (Lipinski definition) is 6. The third-order valence-electron chi connectivity index (χ3n) is 2.76. The third-order valence-corrected chi connectivity index (χ3v) is 5.56. The van der Waals surface area contributed by atoms with Crippen LogP contribution < -0.4 is 4.72 Å². The number of benzene rings is 1. The molecule has 0 aliphatic heterocycles. The molecular formula is C12H17NO6S2. The minimum absolute atomic E-state index is 0.112. The van der Waals surface area contributed by atoms with Gasteiger partial charge >= 0.3 is 5.97 Å². The Morgan fingerprint density at radius 2 is 1.81 bits per heavy atom. The summed E-state index contributed by atoms with van der Waals surface area (Å²) in [4.78, 5) is 11.0. The molecule has 0 spiro atoms. The zero-order valence-electron chi connectivity index (χ0n) is 12.1. The zero-order valence-corrected chi connectivity index (χ0v) is 13.7. The molecule has 0 fully saturated rings. The average molecular weight is 335 g/mol. The monoisotopic (exact) mass is 335 g/mol. The number of sulfonamides is 1. The Hall–Kier alpha value is -1.45. The molecular weight excluding hydrogens is 318 g/mol. The number of carbonyl (C=O) groups excluding carboxylic acids is 1. The molecule has 118 valence electrons. The van der Waals surface area contributed by atoms with Crippen LogP contribution in [-0.2, 0) is 29.4 Å². The number of carbonyl (C=O) groups is 1. The van der Waals surface area contributed by atoms with Crippen molar-refractivity contribution in [2.75, 3.05) is 13.4 Å². The lowest BCUT2D eigenvalue weighted by Gasteiger charge is -2.14. The quantitative estimate of drug-likeness (QED) is 0.773. The van der Waals surface area contributed by atoms with Crippen molar-refractivity contribution in [2.24, 2.45) is 0 Å². The number of sulfone groups is 1. The predicted molar refractivity (Wildman–Crippen MR) is 76.1 cm³/mol. The molecule has 0 saturated carbocycles. The second-order valence-electron chi connectivity index (χ2n) is 4.57. The summed E-state index contributed by atoms with van der Waals surface area (Å²) < 4.78 is 54.1. The average Bonchev–Trinajstić information content (AvgIpc) is 2.35. The van der Waals surface area contributed by atoms with Gasteiger partial charge in [0.2, 0.25) is 10.0 Å². The van der Waals surface area contributed by atoms with Gasteiger partial charge in [-0.05, 0) is 31.5 Å². The van der Waals surface area contributed by atoms with Gasteiger partial charge in [-0.15, -0.1) is 0 Å². The molecule has 0 bridgehead atoms. The van der Waals surface area contributed by atoms with E-state index in [4.69, 9.17) is 0 Å². The molecule has 1 atom stereocenters. The van der Waals surface area contributed by atoms with Crippen LogP contribution in [0.5, 0.6) is 0 Å². The Bertz CT molecular complexity index is 752. The summed E-state index contributed by atoms with van der Waals surface area (Å²) >= 11 is 0. The van der Waals surface area contributed by atoms with Crippen LogP contribution >= 0.6 is 0 Å². The van der Waals surface area contributed by atoms with E-state index in [-0.39, 0.29) is 9.79 Å². The molecule has 1 rings (SSSR count). The zero-order chi connectivity index (χ0) is 16.4. The van der Waals surface area contributed by atoms with Crippen LogP contribution in [0.15, 0.2) is 28.0 Å². The maximum atomic E-state index is 12.2. The first-order chi connectivity index (χ1) is 9.49. The number of aryl methyl sites for hydroxylation is 1. The Balaban J connectivity index is 3.29. The first-order valence-corrected chi connectivity index (χ1v) is 9.27. The van der Waals surface area contributed by atoms with Gasteiger partial charge in [-0.1, -0.05) is 6.07 Å². The van der Waals surface area contributed by atoms with Crippen LogP contribution in [0.3, 0.4) is 0 Å². The topological polar surface area (TPSA) is 107 Å². The van der Waals surface area contributed by atoms with Gasteiger partial charge in [-0.25, -0.2) is 16.8 Å². The van der Waals surface area contributed by atoms with Crippen molar-refractivity contribution >= 4 is 25.8 Å². The summed E-state index contributed by atoms with van der Waals surface area (Å²) in [5.74, 6) is -0.740. The number of hydrogen-bond donors (Lipinski definition) is 1. The normalized spacial score (nSPS) is 13.7. The smallest absolute Gasteiger partial charge is 0.323 e. The van der Waals surface area contributed by atoms with E-state index in [1.54, 1.807) is 0 Å². The summed E-state index contributed by atoms with van der Waals surface area (Å²) in [6.07, 6.45) is 0.985. The van der Waals surface area contributed by atoms with E-state index in [1.807, 2.05) is 0 Å². The molecule has 0 heterocycles. The Morgan fingerprint density at radius 1 is 1.24 bits per heavy atom. The molecule has 7 nitrogen and oxygen atoms in total. The van der Waals surface area contributed by atoms with Gasteiger partial charge in [0.15, 0.2) is 9.84 Å². The standard InChI is InChI=1S/C12H17NO6S2/c1-8-5-6-10(20(4,15)16)7-11(8)21(17,18)13-9(2)12(14)19-3/h5-7,9,13H,1-4H3/t9-/m0/s1. The van der Waals surface area contributed by atoms with Crippen LogP contribution in [0.1, 0.15) is 12.5 Å². The Morgan fingerprint density at radius 3 is 2.29 bits per heavy atom. The highest BCUT2D eigenvalue weighted by Crippen LogP contribution is 2.20. The first-order valence-electron chi connectivity index (χ1n) is 5.90. The fourth-order valence-corrected chi connectivity index (χ4v) is 3.81. The fourth-order valence-electron chi connectivity index (χ4n) is 1.62. The van der Waals surface area contributed by atoms with Gasteiger partial charge in [-0.2, -0.15) is 4.72 Å². The summed E-state index contributed by atoms with van der Waals surface area (Å²) in [5.41, 5.74) is 0.368. The Kier molecular flexibility index (Phi) is 5.13. The second-order valence-corrected chi connectivity index (χ2v) is 8.26. The molecule has 0 saturated heterocycles. The highest BCUT2D eigenvalue weighted by Gasteiger charge is 2.25. The highest BCUT2D eigenvalue weighted by atomic mass is 32.2. The lowest BCUT2D eigenvalue weighted by Crippen LogP contribution is -2.39. The SMILES string of the molecule is COC(=O)[C@H](C)NS(=O)(=O)c1cc(S(C)(=O)=O)ccc1C. The van der Waals surface area contributed by atoms with Crippen LogP contribution in [-0.4, -0.2) is 42.2 Å².